The van der Waals surface area contributed by atoms with Crippen LogP contribution in [0, 0.1) is 0 Å². The number of carbonyl (C=O) groups excluding carboxylic acids is 1. The Bertz CT molecular complexity index is 1230. The molecule has 9 nitrogen and oxygen atoms in total. The van der Waals surface area contributed by atoms with Gasteiger partial charge in [-0.05, 0) is 50.1 Å². The van der Waals surface area contributed by atoms with Gasteiger partial charge in [0.15, 0.2) is 0 Å². The second-order valence-electron chi connectivity index (χ2n) is 8.55. The first kappa shape index (κ1) is 23.2. The summed E-state index contributed by atoms with van der Waals surface area (Å²) in [7, 11) is 0. The van der Waals surface area contributed by atoms with Crippen LogP contribution in [0.2, 0.25) is 0 Å². The maximum atomic E-state index is 12.7. The van der Waals surface area contributed by atoms with Gasteiger partial charge in [-0.25, -0.2) is 9.78 Å². The Morgan fingerprint density at radius 1 is 1.18 bits per heavy atom. The molecule has 0 radical (unpaired) electrons. The van der Waals surface area contributed by atoms with Crippen molar-refractivity contribution in [2.24, 2.45) is 0 Å². The second kappa shape index (κ2) is 9.11. The lowest BCUT2D eigenvalue weighted by Gasteiger charge is -2.31. The number of carbonyl (C=O) groups is 2. The average Bonchev–Trinajstić information content (AvgIpc) is 3.02. The maximum Gasteiger partial charge on any atom is 0.341 e. The number of nitrogens with zero attached hydrogens (tertiary/aromatic N) is 3. The van der Waals surface area contributed by atoms with Gasteiger partial charge in [-0.15, -0.1) is 0 Å². The normalized spacial score (nSPS) is 15.1. The third-order valence-electron chi connectivity index (χ3n) is 6.12. The van der Waals surface area contributed by atoms with Crippen molar-refractivity contribution in [2.45, 2.75) is 32.4 Å². The molecular formula is C25H27N5O4. The number of amides is 1. The second-order valence-corrected chi connectivity index (χ2v) is 8.55. The molecule has 9 heteroatoms. The highest BCUT2D eigenvalue weighted by Crippen LogP contribution is 2.40. The van der Waals surface area contributed by atoms with E-state index in [9.17, 15) is 19.8 Å². The quantitative estimate of drug-likeness (QED) is 0.399. The fraction of sp³-hybridized carbons (Fsp3) is 0.280. The molecule has 0 aliphatic carbocycles. The minimum Gasteiger partial charge on any atom is -0.477 e. The number of hydrogen-bond donors (Lipinski definition) is 4. The molecule has 1 aliphatic rings. The van der Waals surface area contributed by atoms with E-state index in [1.54, 1.807) is 12.1 Å². The predicted octanol–water partition coefficient (Wildman–Crippen LogP) is 3.77. The molecular weight excluding hydrogens is 434 g/mol. The van der Waals surface area contributed by atoms with Crippen LogP contribution in [-0.2, 0) is 5.54 Å². The number of rotatable bonds is 8. The Balaban J connectivity index is 1.64. The van der Waals surface area contributed by atoms with Gasteiger partial charge in [0.2, 0.25) is 5.95 Å². The Kier molecular flexibility index (Phi) is 6.21. The summed E-state index contributed by atoms with van der Waals surface area (Å²) in [6.45, 7) is 6.31. The molecule has 1 aromatic heterocycles. The Hall–Kier alpha value is -3.98. The number of carboxylic acids is 1. The van der Waals surface area contributed by atoms with Crippen LogP contribution in [-0.4, -0.2) is 50.1 Å². The fourth-order valence-electron chi connectivity index (χ4n) is 4.32. The smallest absolute Gasteiger partial charge is 0.341 e. The van der Waals surface area contributed by atoms with Gasteiger partial charge in [-0.2, -0.15) is 4.98 Å². The highest BCUT2D eigenvalue weighted by atomic mass is 16.4. The molecule has 1 aliphatic heterocycles. The maximum absolute atomic E-state index is 12.7. The highest BCUT2D eigenvalue weighted by Gasteiger charge is 2.42. The van der Waals surface area contributed by atoms with Crippen molar-refractivity contribution in [2.75, 3.05) is 23.8 Å². The summed E-state index contributed by atoms with van der Waals surface area (Å²) in [6, 6.07) is 14.1. The van der Waals surface area contributed by atoms with Crippen LogP contribution in [0.25, 0.3) is 0 Å². The molecule has 176 valence electrons. The molecule has 4 rings (SSSR count). The van der Waals surface area contributed by atoms with Crippen molar-refractivity contribution in [3.63, 3.8) is 0 Å². The van der Waals surface area contributed by atoms with Gasteiger partial charge < -0.3 is 25.7 Å². The van der Waals surface area contributed by atoms with Gasteiger partial charge in [-0.1, -0.05) is 30.3 Å². The number of aliphatic hydroxyl groups is 1. The van der Waals surface area contributed by atoms with Crippen LogP contribution in [0.1, 0.15) is 58.7 Å². The number of aromatic nitrogens is 2. The van der Waals surface area contributed by atoms with E-state index in [2.05, 4.69) is 20.6 Å². The minimum atomic E-state index is -1.18. The number of aromatic carboxylic acids is 1. The van der Waals surface area contributed by atoms with E-state index in [4.69, 9.17) is 0 Å². The van der Waals surface area contributed by atoms with Gasteiger partial charge >= 0.3 is 5.97 Å². The van der Waals surface area contributed by atoms with E-state index in [1.165, 1.54) is 6.20 Å². The lowest BCUT2D eigenvalue weighted by atomic mass is 9.93. The average molecular weight is 462 g/mol. The molecule has 4 N–H and O–H groups in total. The van der Waals surface area contributed by atoms with Gasteiger partial charge in [0.25, 0.3) is 5.91 Å². The van der Waals surface area contributed by atoms with Crippen LogP contribution in [0.5, 0.6) is 0 Å². The molecule has 0 bridgehead atoms. The van der Waals surface area contributed by atoms with Gasteiger partial charge in [0, 0.05) is 24.0 Å². The molecule has 2 aromatic carbocycles. The Morgan fingerprint density at radius 3 is 2.56 bits per heavy atom. The molecule has 2 heterocycles. The number of fused-ring (bicyclic) bond motifs is 1. The zero-order valence-electron chi connectivity index (χ0n) is 19.2. The van der Waals surface area contributed by atoms with Crippen molar-refractivity contribution in [3.05, 3.63) is 77.0 Å². The number of carboxylic acid groups (broad SMARTS) is 1. The van der Waals surface area contributed by atoms with Crippen LogP contribution >= 0.6 is 0 Å². The molecule has 34 heavy (non-hydrogen) atoms. The lowest BCUT2D eigenvalue weighted by Crippen LogP contribution is -2.38. The first-order chi connectivity index (χ1) is 16.3. The largest absolute Gasteiger partial charge is 0.477 e. The van der Waals surface area contributed by atoms with E-state index in [-0.39, 0.29) is 29.8 Å². The van der Waals surface area contributed by atoms with Crippen molar-refractivity contribution < 1.29 is 19.8 Å². The van der Waals surface area contributed by atoms with E-state index < -0.39 is 17.6 Å². The standard InChI is InChI=1S/C25H27N5O4/c1-4-30-22(32)17-11-10-16(12-19(17)25(30,2)3)27-24-26-13-18(23(33)34)21(29-24)28-20(14-31)15-8-6-5-7-9-15/h5-13,20,31H,4,14H2,1-3H3,(H,33,34)(H2,26,27,28,29)/t20-/m1/s1. The van der Waals surface area contributed by atoms with Crippen molar-refractivity contribution in [3.8, 4) is 0 Å². The monoisotopic (exact) mass is 461 g/mol. The summed E-state index contributed by atoms with van der Waals surface area (Å²) in [5, 5.41) is 25.6. The van der Waals surface area contributed by atoms with E-state index in [0.29, 0.717) is 17.8 Å². The van der Waals surface area contributed by atoms with Crippen molar-refractivity contribution in [1.82, 2.24) is 14.9 Å². The summed E-state index contributed by atoms with van der Waals surface area (Å²) in [5.74, 6) is -0.914. The first-order valence-electron chi connectivity index (χ1n) is 11.0. The zero-order chi connectivity index (χ0) is 24.5. The minimum absolute atomic E-state index is 0.00134. The first-order valence-corrected chi connectivity index (χ1v) is 11.0. The van der Waals surface area contributed by atoms with Crippen molar-refractivity contribution >= 4 is 29.3 Å². The number of hydrogen-bond acceptors (Lipinski definition) is 7. The summed E-state index contributed by atoms with van der Waals surface area (Å²) >= 11 is 0. The Labute approximate surface area is 197 Å². The molecule has 1 amide bonds. The van der Waals surface area contributed by atoms with Crippen LogP contribution < -0.4 is 10.6 Å². The zero-order valence-corrected chi connectivity index (χ0v) is 19.2. The van der Waals surface area contributed by atoms with Crippen LogP contribution in [0.15, 0.2) is 54.7 Å². The number of nitrogens with one attached hydrogen (secondary N) is 2. The lowest BCUT2D eigenvalue weighted by molar-refractivity contribution is 0.0633. The van der Waals surface area contributed by atoms with Gasteiger partial charge in [0.05, 0.1) is 18.2 Å². The molecule has 1 atom stereocenters. The molecule has 0 spiro atoms. The molecule has 0 saturated carbocycles. The third-order valence-corrected chi connectivity index (χ3v) is 6.12. The molecule has 0 saturated heterocycles. The predicted molar refractivity (Wildman–Crippen MR) is 128 cm³/mol. The summed E-state index contributed by atoms with van der Waals surface area (Å²) in [5.41, 5.74) is 2.46. The van der Waals surface area contributed by atoms with Crippen LogP contribution in [0.4, 0.5) is 17.5 Å². The highest BCUT2D eigenvalue weighted by molar-refractivity contribution is 6.00. The topological polar surface area (TPSA) is 128 Å². The van der Waals surface area contributed by atoms with Gasteiger partial charge in [-0.3, -0.25) is 4.79 Å². The fourth-order valence-corrected chi connectivity index (χ4v) is 4.32. The summed E-state index contributed by atoms with van der Waals surface area (Å²) in [4.78, 5) is 34.8. The van der Waals surface area contributed by atoms with Gasteiger partial charge in [0.1, 0.15) is 11.4 Å². The SMILES string of the molecule is CCN1C(=O)c2ccc(Nc3ncc(C(=O)O)c(N[C@H](CO)c4ccccc4)n3)cc2C1(C)C. The Morgan fingerprint density at radius 2 is 1.91 bits per heavy atom. The van der Waals surface area contributed by atoms with E-state index in [1.807, 2.05) is 62.1 Å². The molecule has 0 fully saturated rings. The van der Waals surface area contributed by atoms with E-state index >= 15 is 0 Å². The van der Waals surface area contributed by atoms with Crippen molar-refractivity contribution in [1.29, 1.82) is 0 Å². The van der Waals surface area contributed by atoms with Crippen LogP contribution in [0.3, 0.4) is 0 Å². The number of benzene rings is 2. The summed E-state index contributed by atoms with van der Waals surface area (Å²) < 4.78 is 0. The summed E-state index contributed by atoms with van der Waals surface area (Å²) in [6.07, 6.45) is 1.22. The third kappa shape index (κ3) is 4.17. The number of anilines is 3. The molecule has 0 unspecified atom stereocenters. The number of aliphatic hydroxyl groups excluding tert-OH is 1. The van der Waals surface area contributed by atoms with E-state index in [0.717, 1.165) is 11.1 Å². The molecule has 3 aromatic rings.